The Balaban J connectivity index is 1.78. The molecule has 1 amide bonds. The Hall–Kier alpha value is -2.63. The van der Waals surface area contributed by atoms with Crippen LogP contribution >= 0.6 is 23.2 Å². The van der Waals surface area contributed by atoms with Crippen molar-refractivity contribution >= 4 is 46.2 Å². The van der Waals surface area contributed by atoms with Crippen molar-refractivity contribution in [3.63, 3.8) is 0 Å². The second-order valence-electron chi connectivity index (χ2n) is 5.18. The van der Waals surface area contributed by atoms with Crippen LogP contribution in [0.4, 0.5) is 21.5 Å². The molecule has 4 nitrogen and oxygen atoms in total. The summed E-state index contributed by atoms with van der Waals surface area (Å²) >= 11 is 11.8. The standard InChI is InChI=1S/C18H12Cl2FN3O/c19-12-6-13(20)8-14(7-12)24-18(25)11-5-15(10-22-9-11)23-17-4-2-1-3-16(17)21/h1-10,23H,(H,24,25). The number of amides is 1. The third-order valence-electron chi connectivity index (χ3n) is 3.27. The normalized spacial score (nSPS) is 10.4. The maximum absolute atomic E-state index is 13.7. The van der Waals surface area contributed by atoms with Gasteiger partial charge in [0, 0.05) is 21.9 Å². The van der Waals surface area contributed by atoms with Gasteiger partial charge >= 0.3 is 0 Å². The van der Waals surface area contributed by atoms with E-state index in [1.54, 1.807) is 42.5 Å². The second-order valence-corrected chi connectivity index (χ2v) is 6.05. The minimum atomic E-state index is -0.397. The summed E-state index contributed by atoms with van der Waals surface area (Å²) in [5, 5.41) is 6.41. The zero-order chi connectivity index (χ0) is 17.8. The fourth-order valence-corrected chi connectivity index (χ4v) is 2.71. The average Bonchev–Trinajstić information content (AvgIpc) is 2.56. The van der Waals surface area contributed by atoms with Crippen molar-refractivity contribution in [1.29, 1.82) is 0 Å². The lowest BCUT2D eigenvalue weighted by Gasteiger charge is -2.09. The summed E-state index contributed by atoms with van der Waals surface area (Å²) in [6.07, 6.45) is 2.91. The summed E-state index contributed by atoms with van der Waals surface area (Å²) < 4.78 is 13.7. The van der Waals surface area contributed by atoms with E-state index in [-0.39, 0.29) is 5.91 Å². The van der Waals surface area contributed by atoms with Gasteiger partial charge in [0.15, 0.2) is 0 Å². The number of aromatic nitrogens is 1. The average molecular weight is 376 g/mol. The summed E-state index contributed by atoms with van der Waals surface area (Å²) in [7, 11) is 0. The molecular formula is C18H12Cl2FN3O. The van der Waals surface area contributed by atoms with Crippen molar-refractivity contribution in [2.45, 2.75) is 0 Å². The van der Waals surface area contributed by atoms with Gasteiger partial charge in [0.05, 0.1) is 23.1 Å². The molecule has 0 spiro atoms. The molecule has 2 aromatic carbocycles. The van der Waals surface area contributed by atoms with Crippen LogP contribution in [0.2, 0.25) is 10.0 Å². The number of benzene rings is 2. The first-order valence-corrected chi connectivity index (χ1v) is 8.01. The number of para-hydroxylation sites is 1. The molecule has 126 valence electrons. The van der Waals surface area contributed by atoms with E-state index in [4.69, 9.17) is 23.2 Å². The van der Waals surface area contributed by atoms with Crippen molar-refractivity contribution in [3.8, 4) is 0 Å². The predicted molar refractivity (Wildman–Crippen MR) is 98.3 cm³/mol. The molecule has 0 unspecified atom stereocenters. The summed E-state index contributed by atoms with van der Waals surface area (Å²) in [5.41, 5.74) is 1.55. The number of carbonyl (C=O) groups excluding carboxylic acids is 1. The van der Waals surface area contributed by atoms with E-state index in [0.29, 0.717) is 32.7 Å². The Kier molecular flexibility index (Phi) is 5.16. The molecule has 0 atom stereocenters. The zero-order valence-electron chi connectivity index (χ0n) is 12.8. The Morgan fingerprint density at radius 1 is 0.960 bits per heavy atom. The summed E-state index contributed by atoms with van der Waals surface area (Å²) in [5.74, 6) is -0.783. The fourth-order valence-electron chi connectivity index (χ4n) is 2.18. The van der Waals surface area contributed by atoms with Crippen molar-refractivity contribution in [1.82, 2.24) is 4.98 Å². The molecule has 0 radical (unpaired) electrons. The van der Waals surface area contributed by atoms with E-state index in [1.807, 2.05) is 0 Å². The number of nitrogens with zero attached hydrogens (tertiary/aromatic N) is 1. The Morgan fingerprint density at radius 2 is 1.68 bits per heavy atom. The van der Waals surface area contributed by atoms with Gasteiger partial charge in [-0.3, -0.25) is 9.78 Å². The summed E-state index contributed by atoms with van der Waals surface area (Å²) in [6.45, 7) is 0. The van der Waals surface area contributed by atoms with Crippen LogP contribution in [-0.4, -0.2) is 10.9 Å². The zero-order valence-corrected chi connectivity index (χ0v) is 14.3. The topological polar surface area (TPSA) is 54.0 Å². The van der Waals surface area contributed by atoms with Crippen LogP contribution in [0.5, 0.6) is 0 Å². The van der Waals surface area contributed by atoms with Gasteiger partial charge in [-0.05, 0) is 36.4 Å². The Labute approximate surface area is 153 Å². The van der Waals surface area contributed by atoms with Gasteiger partial charge in [-0.2, -0.15) is 0 Å². The lowest BCUT2D eigenvalue weighted by atomic mass is 10.2. The van der Waals surface area contributed by atoms with Crippen LogP contribution in [0.25, 0.3) is 0 Å². The molecule has 3 rings (SSSR count). The molecule has 3 aromatic rings. The highest BCUT2D eigenvalue weighted by atomic mass is 35.5. The molecule has 0 fully saturated rings. The minimum absolute atomic E-state index is 0.295. The van der Waals surface area contributed by atoms with E-state index in [0.717, 1.165) is 0 Å². The molecule has 0 aliphatic heterocycles. The van der Waals surface area contributed by atoms with Crippen LogP contribution in [0, 0.1) is 5.82 Å². The van der Waals surface area contributed by atoms with E-state index < -0.39 is 5.82 Å². The number of nitrogens with one attached hydrogen (secondary N) is 2. The molecular weight excluding hydrogens is 364 g/mol. The number of rotatable bonds is 4. The molecule has 1 heterocycles. The van der Waals surface area contributed by atoms with Crippen LogP contribution in [0.1, 0.15) is 10.4 Å². The Morgan fingerprint density at radius 3 is 2.40 bits per heavy atom. The molecule has 25 heavy (non-hydrogen) atoms. The smallest absolute Gasteiger partial charge is 0.257 e. The van der Waals surface area contributed by atoms with Crippen molar-refractivity contribution in [3.05, 3.63) is 82.4 Å². The maximum Gasteiger partial charge on any atom is 0.257 e. The van der Waals surface area contributed by atoms with Gasteiger partial charge in [0.25, 0.3) is 5.91 Å². The van der Waals surface area contributed by atoms with E-state index in [1.165, 1.54) is 18.5 Å². The number of halogens is 3. The van der Waals surface area contributed by atoms with Gasteiger partial charge in [-0.1, -0.05) is 35.3 Å². The number of hydrogen-bond donors (Lipinski definition) is 2. The fraction of sp³-hybridized carbons (Fsp3) is 0. The number of carbonyl (C=O) groups is 1. The molecule has 0 saturated heterocycles. The van der Waals surface area contributed by atoms with Crippen LogP contribution in [0.15, 0.2) is 60.9 Å². The second kappa shape index (κ2) is 7.51. The lowest BCUT2D eigenvalue weighted by molar-refractivity contribution is 0.102. The largest absolute Gasteiger partial charge is 0.352 e. The minimum Gasteiger partial charge on any atom is -0.352 e. The lowest BCUT2D eigenvalue weighted by Crippen LogP contribution is -2.12. The van der Waals surface area contributed by atoms with Gasteiger partial charge in [-0.15, -0.1) is 0 Å². The van der Waals surface area contributed by atoms with E-state index in [2.05, 4.69) is 15.6 Å². The van der Waals surface area contributed by atoms with Crippen LogP contribution in [-0.2, 0) is 0 Å². The van der Waals surface area contributed by atoms with Crippen LogP contribution < -0.4 is 10.6 Å². The van der Waals surface area contributed by atoms with Crippen molar-refractivity contribution in [2.24, 2.45) is 0 Å². The molecule has 7 heteroatoms. The summed E-state index contributed by atoms with van der Waals surface area (Å²) in [4.78, 5) is 16.4. The van der Waals surface area contributed by atoms with E-state index >= 15 is 0 Å². The van der Waals surface area contributed by atoms with Crippen LogP contribution in [0.3, 0.4) is 0 Å². The van der Waals surface area contributed by atoms with Gasteiger partial charge in [-0.25, -0.2) is 4.39 Å². The van der Waals surface area contributed by atoms with E-state index in [9.17, 15) is 9.18 Å². The summed E-state index contributed by atoms with van der Waals surface area (Å²) in [6, 6.07) is 12.5. The van der Waals surface area contributed by atoms with Gasteiger partial charge < -0.3 is 10.6 Å². The first-order chi connectivity index (χ1) is 12.0. The number of hydrogen-bond acceptors (Lipinski definition) is 3. The number of anilines is 3. The number of pyridine rings is 1. The highest BCUT2D eigenvalue weighted by Gasteiger charge is 2.10. The first-order valence-electron chi connectivity index (χ1n) is 7.25. The monoisotopic (exact) mass is 375 g/mol. The highest BCUT2D eigenvalue weighted by molar-refractivity contribution is 6.35. The maximum atomic E-state index is 13.7. The molecule has 1 aromatic heterocycles. The van der Waals surface area contributed by atoms with Gasteiger partial charge in [0.2, 0.25) is 0 Å². The first kappa shape index (κ1) is 17.2. The molecule has 2 N–H and O–H groups in total. The quantitative estimate of drug-likeness (QED) is 0.630. The molecule has 0 aliphatic carbocycles. The highest BCUT2D eigenvalue weighted by Crippen LogP contribution is 2.24. The molecule has 0 bridgehead atoms. The third kappa shape index (κ3) is 4.47. The molecule has 0 saturated carbocycles. The third-order valence-corrected chi connectivity index (χ3v) is 3.71. The predicted octanol–water partition coefficient (Wildman–Crippen LogP) is 5.52. The van der Waals surface area contributed by atoms with Crippen molar-refractivity contribution < 1.29 is 9.18 Å². The Bertz CT molecular complexity index is 913. The van der Waals surface area contributed by atoms with Gasteiger partial charge in [0.1, 0.15) is 5.82 Å². The van der Waals surface area contributed by atoms with Crippen molar-refractivity contribution in [2.75, 3.05) is 10.6 Å². The SMILES string of the molecule is O=C(Nc1cc(Cl)cc(Cl)c1)c1cncc(Nc2ccccc2F)c1. The molecule has 0 aliphatic rings.